The van der Waals surface area contributed by atoms with E-state index in [1.54, 1.807) is 0 Å². The van der Waals surface area contributed by atoms with Crippen molar-refractivity contribution < 1.29 is 9.53 Å². The van der Waals surface area contributed by atoms with Gasteiger partial charge in [-0.3, -0.25) is 0 Å². The van der Waals surface area contributed by atoms with E-state index in [0.29, 0.717) is 12.0 Å². The first kappa shape index (κ1) is 12.2. The first-order valence-corrected chi connectivity index (χ1v) is 4.30. The Hall–Kier alpha value is -0.830. The Bertz CT molecular complexity index is 203. The van der Waals surface area contributed by atoms with Crippen LogP contribution in [0.15, 0.2) is 12.2 Å². The molecule has 0 aliphatic heterocycles. The van der Waals surface area contributed by atoms with Crippen LogP contribution in [0, 0.1) is 5.41 Å². The Morgan fingerprint density at radius 3 is 2.31 bits per heavy atom. The zero-order valence-electron chi connectivity index (χ0n) is 8.89. The minimum atomic E-state index is -0.375. The quantitative estimate of drug-likeness (QED) is 0.535. The molecule has 2 N–H and O–H groups in total. The van der Waals surface area contributed by atoms with E-state index in [9.17, 15) is 4.79 Å². The molecule has 1 atom stereocenters. The van der Waals surface area contributed by atoms with Gasteiger partial charge in [0.1, 0.15) is 0 Å². The van der Waals surface area contributed by atoms with Gasteiger partial charge in [-0.15, -0.1) is 0 Å². The molecule has 0 radical (unpaired) electrons. The average molecular weight is 185 g/mol. The summed E-state index contributed by atoms with van der Waals surface area (Å²) in [7, 11) is 1.34. The van der Waals surface area contributed by atoms with E-state index in [-0.39, 0.29) is 17.4 Å². The maximum atomic E-state index is 11.0. The highest BCUT2D eigenvalue weighted by Gasteiger charge is 2.23. The molecule has 3 heteroatoms. The molecule has 13 heavy (non-hydrogen) atoms. The van der Waals surface area contributed by atoms with Crippen LogP contribution in [0.2, 0.25) is 0 Å². The van der Waals surface area contributed by atoms with Crippen molar-refractivity contribution in [2.45, 2.75) is 33.2 Å². The number of hydrogen-bond donors (Lipinski definition) is 1. The largest absolute Gasteiger partial charge is 0.466 e. The van der Waals surface area contributed by atoms with Crippen molar-refractivity contribution in [2.24, 2.45) is 11.1 Å². The van der Waals surface area contributed by atoms with Gasteiger partial charge < -0.3 is 10.5 Å². The summed E-state index contributed by atoms with van der Waals surface area (Å²) in [6.07, 6.45) is 0.482. The van der Waals surface area contributed by atoms with Gasteiger partial charge in [0.25, 0.3) is 0 Å². The smallest absolute Gasteiger partial charge is 0.333 e. The fourth-order valence-electron chi connectivity index (χ4n) is 0.799. The lowest BCUT2D eigenvalue weighted by Crippen LogP contribution is -2.36. The number of carbonyl (C=O) groups excluding carboxylic acids is 1. The molecule has 3 nitrogen and oxygen atoms in total. The third-order valence-corrected chi connectivity index (χ3v) is 2.05. The second kappa shape index (κ2) is 4.42. The molecule has 0 heterocycles. The first-order valence-electron chi connectivity index (χ1n) is 4.30. The van der Waals surface area contributed by atoms with E-state index < -0.39 is 0 Å². The molecule has 0 spiro atoms. The molecule has 0 aromatic carbocycles. The van der Waals surface area contributed by atoms with Crippen molar-refractivity contribution in [1.29, 1.82) is 0 Å². The number of carbonyl (C=O) groups is 1. The molecule has 0 saturated heterocycles. The Morgan fingerprint density at radius 1 is 1.54 bits per heavy atom. The Morgan fingerprint density at radius 2 is 2.00 bits per heavy atom. The highest BCUT2D eigenvalue weighted by atomic mass is 16.5. The fourth-order valence-corrected chi connectivity index (χ4v) is 0.799. The molecule has 1 unspecified atom stereocenters. The topological polar surface area (TPSA) is 52.3 Å². The molecular formula is C10H19NO2. The van der Waals surface area contributed by atoms with Crippen molar-refractivity contribution in [3.8, 4) is 0 Å². The normalized spacial score (nSPS) is 13.6. The van der Waals surface area contributed by atoms with Gasteiger partial charge in [0, 0.05) is 11.6 Å². The number of esters is 1. The van der Waals surface area contributed by atoms with Crippen LogP contribution in [-0.4, -0.2) is 19.1 Å². The molecule has 0 bridgehead atoms. The standard InChI is InChI=1S/C10H19NO2/c1-7(9(12)13-5)6-8(11)10(2,3)4/h8H,1,6,11H2,2-5H3. The summed E-state index contributed by atoms with van der Waals surface area (Å²) < 4.78 is 4.53. The Kier molecular flexibility index (Phi) is 4.14. The van der Waals surface area contributed by atoms with Crippen LogP contribution in [-0.2, 0) is 9.53 Å². The second-order valence-electron chi connectivity index (χ2n) is 4.27. The number of hydrogen-bond acceptors (Lipinski definition) is 3. The van der Waals surface area contributed by atoms with Crippen LogP contribution in [0.25, 0.3) is 0 Å². The lowest BCUT2D eigenvalue weighted by Gasteiger charge is -2.27. The van der Waals surface area contributed by atoms with E-state index in [1.165, 1.54) is 7.11 Å². The SMILES string of the molecule is C=C(CC(N)C(C)(C)C)C(=O)OC. The van der Waals surface area contributed by atoms with Crippen LogP contribution < -0.4 is 5.73 Å². The summed E-state index contributed by atoms with van der Waals surface area (Å²) in [5, 5.41) is 0. The van der Waals surface area contributed by atoms with Crippen molar-refractivity contribution >= 4 is 5.97 Å². The van der Waals surface area contributed by atoms with Gasteiger partial charge >= 0.3 is 5.97 Å². The molecule has 0 rings (SSSR count). The van der Waals surface area contributed by atoms with E-state index in [1.807, 2.05) is 20.8 Å². The summed E-state index contributed by atoms with van der Waals surface area (Å²) in [5.74, 6) is -0.375. The van der Waals surface area contributed by atoms with Crippen molar-refractivity contribution in [1.82, 2.24) is 0 Å². The third kappa shape index (κ3) is 4.08. The van der Waals surface area contributed by atoms with E-state index in [4.69, 9.17) is 5.73 Å². The van der Waals surface area contributed by atoms with Gasteiger partial charge in [-0.25, -0.2) is 4.79 Å². The summed E-state index contributed by atoms with van der Waals surface area (Å²) in [5.41, 5.74) is 6.29. The molecule has 0 aliphatic rings. The molecule has 0 fully saturated rings. The number of ether oxygens (including phenoxy) is 1. The molecule has 0 aliphatic carbocycles. The van der Waals surface area contributed by atoms with Gasteiger partial charge in [-0.1, -0.05) is 27.4 Å². The third-order valence-electron chi connectivity index (χ3n) is 2.05. The fraction of sp³-hybridized carbons (Fsp3) is 0.700. The molecule has 0 saturated carbocycles. The van der Waals surface area contributed by atoms with Gasteiger partial charge in [0.15, 0.2) is 0 Å². The maximum absolute atomic E-state index is 11.0. The molecular weight excluding hydrogens is 166 g/mol. The van der Waals surface area contributed by atoms with Crippen LogP contribution in [0.3, 0.4) is 0 Å². The molecule has 0 amide bonds. The predicted octanol–water partition coefficient (Wildman–Crippen LogP) is 1.48. The summed E-state index contributed by atoms with van der Waals surface area (Å²) in [6.45, 7) is 9.71. The summed E-state index contributed by atoms with van der Waals surface area (Å²) in [4.78, 5) is 11.0. The van der Waals surface area contributed by atoms with Crippen LogP contribution in [0.1, 0.15) is 27.2 Å². The second-order valence-corrected chi connectivity index (χ2v) is 4.27. The van der Waals surface area contributed by atoms with Crippen LogP contribution in [0.5, 0.6) is 0 Å². The highest BCUT2D eigenvalue weighted by molar-refractivity contribution is 5.87. The Balaban J connectivity index is 4.15. The van der Waals surface area contributed by atoms with Crippen LogP contribution in [0.4, 0.5) is 0 Å². The van der Waals surface area contributed by atoms with E-state index >= 15 is 0 Å². The van der Waals surface area contributed by atoms with E-state index in [0.717, 1.165) is 0 Å². The number of nitrogens with two attached hydrogens (primary N) is 1. The molecule has 76 valence electrons. The lowest BCUT2D eigenvalue weighted by atomic mass is 9.84. The van der Waals surface area contributed by atoms with Crippen molar-refractivity contribution in [2.75, 3.05) is 7.11 Å². The molecule has 0 aromatic heterocycles. The number of methoxy groups -OCH3 is 1. The minimum Gasteiger partial charge on any atom is -0.466 e. The first-order chi connectivity index (χ1) is 5.79. The van der Waals surface area contributed by atoms with Gasteiger partial charge in [0.2, 0.25) is 0 Å². The average Bonchev–Trinajstić information content (AvgIpc) is 2.01. The van der Waals surface area contributed by atoms with Crippen molar-refractivity contribution in [3.05, 3.63) is 12.2 Å². The summed E-state index contributed by atoms with van der Waals surface area (Å²) >= 11 is 0. The monoisotopic (exact) mass is 185 g/mol. The van der Waals surface area contributed by atoms with E-state index in [2.05, 4.69) is 11.3 Å². The Labute approximate surface area is 79.9 Å². The zero-order valence-corrected chi connectivity index (χ0v) is 8.89. The van der Waals surface area contributed by atoms with Crippen LogP contribution >= 0.6 is 0 Å². The maximum Gasteiger partial charge on any atom is 0.333 e. The van der Waals surface area contributed by atoms with Crippen molar-refractivity contribution in [3.63, 3.8) is 0 Å². The lowest BCUT2D eigenvalue weighted by molar-refractivity contribution is -0.136. The zero-order chi connectivity index (χ0) is 10.6. The number of rotatable bonds is 3. The predicted molar refractivity (Wildman–Crippen MR) is 53.2 cm³/mol. The summed E-state index contributed by atoms with van der Waals surface area (Å²) in [6, 6.07) is -0.0703. The van der Waals surface area contributed by atoms with Gasteiger partial charge in [-0.05, 0) is 11.8 Å². The van der Waals surface area contributed by atoms with Gasteiger partial charge in [-0.2, -0.15) is 0 Å². The highest BCUT2D eigenvalue weighted by Crippen LogP contribution is 2.22. The van der Waals surface area contributed by atoms with Gasteiger partial charge in [0.05, 0.1) is 7.11 Å². The minimum absolute atomic E-state index is 0.0169. The molecule has 0 aromatic rings.